The van der Waals surface area contributed by atoms with E-state index in [1.165, 1.54) is 38.5 Å². The number of benzene rings is 2. The number of ether oxygens (including phenoxy) is 4. The zero-order chi connectivity index (χ0) is 28.1. The molecule has 0 radical (unpaired) electrons. The van der Waals surface area contributed by atoms with Crippen LogP contribution in [0.25, 0.3) is 0 Å². The lowest BCUT2D eigenvalue weighted by Crippen LogP contribution is -2.49. The quantitative estimate of drug-likeness (QED) is 0.477. The van der Waals surface area contributed by atoms with Gasteiger partial charge in [0.2, 0.25) is 0 Å². The molecular formula is C33H42N2O6. The Morgan fingerprint density at radius 3 is 1.22 bits per heavy atom. The molecule has 220 valence electrons. The minimum absolute atomic E-state index is 0.0173. The summed E-state index contributed by atoms with van der Waals surface area (Å²) in [6.07, 6.45) is 10.6. The highest BCUT2D eigenvalue weighted by atomic mass is 16.7. The van der Waals surface area contributed by atoms with Crippen molar-refractivity contribution in [2.75, 3.05) is 26.4 Å². The Labute approximate surface area is 242 Å². The van der Waals surface area contributed by atoms with Gasteiger partial charge in [-0.1, -0.05) is 62.8 Å². The van der Waals surface area contributed by atoms with Gasteiger partial charge in [-0.2, -0.15) is 0 Å². The maximum Gasteiger partial charge on any atom is 0.251 e. The lowest BCUT2D eigenvalue weighted by Gasteiger charge is -2.43. The molecule has 0 atom stereocenters. The largest absolute Gasteiger partial charge is 0.349 e. The summed E-state index contributed by atoms with van der Waals surface area (Å²) >= 11 is 0. The first kappa shape index (κ1) is 28.3. The molecule has 4 aliphatic rings. The third-order valence-electron chi connectivity index (χ3n) is 8.93. The van der Waals surface area contributed by atoms with Crippen molar-refractivity contribution in [3.63, 3.8) is 0 Å². The summed E-state index contributed by atoms with van der Waals surface area (Å²) < 4.78 is 24.4. The smallest absolute Gasteiger partial charge is 0.251 e. The predicted octanol–water partition coefficient (Wildman–Crippen LogP) is 5.59. The normalized spacial score (nSPS) is 27.8. The first-order chi connectivity index (χ1) is 20.1. The second-order valence-corrected chi connectivity index (χ2v) is 12.3. The second-order valence-electron chi connectivity index (χ2n) is 12.3. The average Bonchev–Trinajstić information content (AvgIpc) is 3.03. The van der Waals surface area contributed by atoms with Crippen LogP contribution in [0.2, 0.25) is 0 Å². The Hall–Kier alpha value is -2.78. The molecule has 41 heavy (non-hydrogen) atoms. The Balaban J connectivity index is 0.959. The fourth-order valence-corrected chi connectivity index (χ4v) is 6.36. The minimum Gasteiger partial charge on any atom is -0.349 e. The van der Waals surface area contributed by atoms with Crippen LogP contribution in [0.3, 0.4) is 0 Å². The zero-order valence-corrected chi connectivity index (χ0v) is 23.8. The summed E-state index contributed by atoms with van der Waals surface area (Å²) in [6, 6.07) is 15.5. The Morgan fingerprint density at radius 1 is 0.537 bits per heavy atom. The van der Waals surface area contributed by atoms with E-state index < -0.39 is 12.6 Å². The molecule has 2 saturated heterocycles. The average molecular weight is 563 g/mol. The maximum absolute atomic E-state index is 12.6. The first-order valence-corrected chi connectivity index (χ1v) is 15.4. The molecule has 6 rings (SSSR count). The van der Waals surface area contributed by atoms with Crippen molar-refractivity contribution in [2.45, 2.75) is 88.9 Å². The Bertz CT molecular complexity index is 1060. The van der Waals surface area contributed by atoms with Crippen molar-refractivity contribution in [2.24, 2.45) is 5.41 Å². The van der Waals surface area contributed by atoms with E-state index in [1.807, 2.05) is 48.5 Å². The summed E-state index contributed by atoms with van der Waals surface area (Å²) in [7, 11) is 0. The topological polar surface area (TPSA) is 95.1 Å². The molecule has 2 saturated carbocycles. The van der Waals surface area contributed by atoms with Gasteiger partial charge in [0, 0.05) is 34.3 Å². The highest BCUT2D eigenvalue weighted by molar-refractivity contribution is 5.94. The van der Waals surface area contributed by atoms with Crippen LogP contribution >= 0.6 is 0 Å². The van der Waals surface area contributed by atoms with E-state index in [1.54, 1.807) is 0 Å². The van der Waals surface area contributed by atoms with Crippen LogP contribution in [0.4, 0.5) is 0 Å². The molecule has 2 aromatic rings. The molecule has 0 bridgehead atoms. The second kappa shape index (κ2) is 13.0. The van der Waals surface area contributed by atoms with Crippen LogP contribution < -0.4 is 10.6 Å². The lowest BCUT2D eigenvalue weighted by molar-refractivity contribution is -0.307. The Morgan fingerprint density at radius 2 is 0.878 bits per heavy atom. The van der Waals surface area contributed by atoms with Crippen molar-refractivity contribution in [3.05, 3.63) is 70.8 Å². The van der Waals surface area contributed by atoms with Gasteiger partial charge in [0.1, 0.15) is 0 Å². The summed E-state index contributed by atoms with van der Waals surface area (Å²) in [5.74, 6) is -0.0346. The molecule has 0 aromatic heterocycles. The van der Waals surface area contributed by atoms with Gasteiger partial charge in [0.05, 0.1) is 31.8 Å². The molecule has 0 unspecified atom stereocenters. The predicted molar refractivity (Wildman–Crippen MR) is 153 cm³/mol. The lowest BCUT2D eigenvalue weighted by atomic mass is 9.90. The fraction of sp³-hybridized carbons (Fsp3) is 0.576. The molecule has 1 spiro atoms. The molecule has 2 aliphatic heterocycles. The van der Waals surface area contributed by atoms with Crippen LogP contribution in [0.1, 0.15) is 109 Å². The molecule has 2 N–H and O–H groups in total. The highest BCUT2D eigenvalue weighted by Gasteiger charge is 2.42. The number of hydrogen-bond acceptors (Lipinski definition) is 6. The summed E-state index contributed by atoms with van der Waals surface area (Å²) in [5, 5.41) is 6.33. The molecule has 2 amide bonds. The number of carbonyl (C=O) groups is 2. The van der Waals surface area contributed by atoms with Crippen LogP contribution in [0.15, 0.2) is 48.5 Å². The fourth-order valence-electron chi connectivity index (χ4n) is 6.36. The summed E-state index contributed by atoms with van der Waals surface area (Å²) in [6.45, 7) is 1.81. The molecule has 2 aromatic carbocycles. The van der Waals surface area contributed by atoms with Crippen LogP contribution in [0, 0.1) is 5.41 Å². The van der Waals surface area contributed by atoms with E-state index in [9.17, 15) is 9.59 Å². The minimum atomic E-state index is -0.485. The van der Waals surface area contributed by atoms with Gasteiger partial charge in [-0.15, -0.1) is 0 Å². The molecular weight excluding hydrogens is 520 g/mol. The van der Waals surface area contributed by atoms with Crippen LogP contribution in [-0.2, 0) is 18.9 Å². The van der Waals surface area contributed by atoms with Crippen molar-refractivity contribution in [1.82, 2.24) is 10.6 Å². The monoisotopic (exact) mass is 562 g/mol. The van der Waals surface area contributed by atoms with Gasteiger partial charge >= 0.3 is 0 Å². The third kappa shape index (κ3) is 7.00. The van der Waals surface area contributed by atoms with Gasteiger partial charge < -0.3 is 29.6 Å². The van der Waals surface area contributed by atoms with Crippen LogP contribution in [-0.4, -0.2) is 50.3 Å². The van der Waals surface area contributed by atoms with Gasteiger partial charge in [0.15, 0.2) is 12.6 Å². The molecule has 8 nitrogen and oxygen atoms in total. The Kier molecular flexibility index (Phi) is 9.01. The van der Waals surface area contributed by atoms with E-state index in [4.69, 9.17) is 18.9 Å². The standard InChI is InChI=1S/C33H42N2O6/c36-29(34-27-7-3-1-4-8-27)23-11-15-25(16-12-23)31-38-19-33(20-39-31)21-40-32(41-22-33)26-17-13-24(14-18-26)30(37)35-28-9-5-2-6-10-28/h11-18,27-28,31-32H,1-10,19-22H2,(H,34,36)(H,35,37). The van der Waals surface area contributed by atoms with Crippen molar-refractivity contribution in [1.29, 1.82) is 0 Å². The number of carbonyl (C=O) groups excluding carboxylic acids is 2. The zero-order valence-electron chi connectivity index (χ0n) is 23.8. The van der Waals surface area contributed by atoms with E-state index in [0.717, 1.165) is 36.8 Å². The molecule has 2 aliphatic carbocycles. The molecule has 2 heterocycles. The molecule has 4 fully saturated rings. The number of hydrogen-bond donors (Lipinski definition) is 2. The van der Waals surface area contributed by atoms with Gasteiger partial charge in [-0.05, 0) is 49.9 Å². The number of nitrogens with one attached hydrogen (secondary N) is 2. The molecule has 8 heteroatoms. The van der Waals surface area contributed by atoms with Crippen molar-refractivity contribution >= 4 is 11.8 Å². The SMILES string of the molecule is O=C(NC1CCCCC1)c1ccc(C2OCC3(CO2)COC(c2ccc(C(=O)NC4CCCCC4)cc2)OC3)cc1. The number of rotatable bonds is 6. The van der Waals surface area contributed by atoms with E-state index in [-0.39, 0.29) is 29.3 Å². The van der Waals surface area contributed by atoms with Gasteiger partial charge in [0.25, 0.3) is 11.8 Å². The van der Waals surface area contributed by atoms with Crippen molar-refractivity contribution in [3.8, 4) is 0 Å². The highest BCUT2D eigenvalue weighted by Crippen LogP contribution is 2.38. The first-order valence-electron chi connectivity index (χ1n) is 15.4. The summed E-state index contributed by atoms with van der Waals surface area (Å²) in [5.41, 5.74) is 2.72. The summed E-state index contributed by atoms with van der Waals surface area (Å²) in [4.78, 5) is 25.3. The van der Waals surface area contributed by atoms with Crippen molar-refractivity contribution < 1.29 is 28.5 Å². The van der Waals surface area contributed by atoms with Gasteiger partial charge in [-0.3, -0.25) is 9.59 Å². The third-order valence-corrected chi connectivity index (χ3v) is 8.93. The van der Waals surface area contributed by atoms with Crippen LogP contribution in [0.5, 0.6) is 0 Å². The van der Waals surface area contributed by atoms with E-state index >= 15 is 0 Å². The van der Waals surface area contributed by atoms with E-state index in [2.05, 4.69) is 10.6 Å². The number of amides is 2. The van der Waals surface area contributed by atoms with E-state index in [0.29, 0.717) is 37.6 Å². The maximum atomic E-state index is 12.6. The van der Waals surface area contributed by atoms with Gasteiger partial charge in [-0.25, -0.2) is 0 Å².